The van der Waals surface area contributed by atoms with Gasteiger partial charge in [-0.2, -0.15) is 10.2 Å². The highest BCUT2D eigenvalue weighted by Crippen LogP contribution is 2.06. The Bertz CT molecular complexity index is 482. The number of aromatic amines is 1. The zero-order chi connectivity index (χ0) is 8.72. The second-order valence-electron chi connectivity index (χ2n) is 2.46. The van der Waals surface area contributed by atoms with Crippen molar-refractivity contribution in [3.05, 3.63) is 22.4 Å². The van der Waals surface area contributed by atoms with Crippen molar-refractivity contribution >= 4 is 11.2 Å². The highest BCUT2D eigenvalue weighted by atomic mass is 16.1. The summed E-state index contributed by atoms with van der Waals surface area (Å²) in [6.07, 6.45) is 1.43. The number of anilines is 1. The summed E-state index contributed by atoms with van der Waals surface area (Å²) in [4.78, 5) is 11.2. The highest BCUT2D eigenvalue weighted by Gasteiger charge is 2.06. The van der Waals surface area contributed by atoms with Crippen LogP contribution in [0.15, 0.2) is 11.0 Å². The summed E-state index contributed by atoms with van der Waals surface area (Å²) in [6.45, 7) is 1.73. The van der Waals surface area contributed by atoms with Crippen molar-refractivity contribution in [1.82, 2.24) is 19.8 Å². The van der Waals surface area contributed by atoms with Gasteiger partial charge >= 0.3 is 0 Å². The quantitative estimate of drug-likeness (QED) is 0.540. The van der Waals surface area contributed by atoms with Gasteiger partial charge in [0.1, 0.15) is 5.82 Å². The summed E-state index contributed by atoms with van der Waals surface area (Å²) < 4.78 is 1.41. The van der Waals surface area contributed by atoms with Crippen molar-refractivity contribution < 1.29 is 0 Å². The fourth-order valence-electron chi connectivity index (χ4n) is 1.07. The number of fused-ring (bicyclic) bond motifs is 1. The minimum atomic E-state index is -0.324. The molecule has 0 atom stereocenters. The maximum atomic E-state index is 11.2. The van der Waals surface area contributed by atoms with Gasteiger partial charge in [-0.15, -0.1) is 0 Å². The van der Waals surface area contributed by atoms with Gasteiger partial charge in [0.25, 0.3) is 5.56 Å². The first-order valence-electron chi connectivity index (χ1n) is 3.38. The van der Waals surface area contributed by atoms with Crippen LogP contribution >= 0.6 is 0 Å². The van der Waals surface area contributed by atoms with Gasteiger partial charge < -0.3 is 5.73 Å². The number of H-pyrrole nitrogens is 1. The maximum absolute atomic E-state index is 11.2. The molecule has 3 N–H and O–H groups in total. The third kappa shape index (κ3) is 0.714. The predicted molar refractivity (Wildman–Crippen MR) is 42.8 cm³/mol. The van der Waals surface area contributed by atoms with E-state index in [1.165, 1.54) is 10.7 Å². The SMILES string of the molecule is Cc1n[nH]c(=O)c2c(N)cnn12. The average Bonchev–Trinajstić information content (AvgIpc) is 2.42. The lowest BCUT2D eigenvalue weighted by Crippen LogP contribution is -2.15. The summed E-state index contributed by atoms with van der Waals surface area (Å²) in [5.74, 6) is 0.598. The van der Waals surface area contributed by atoms with Crippen LogP contribution < -0.4 is 11.3 Å². The zero-order valence-corrected chi connectivity index (χ0v) is 6.40. The van der Waals surface area contributed by atoms with E-state index in [1.54, 1.807) is 6.92 Å². The molecule has 0 aliphatic carbocycles. The van der Waals surface area contributed by atoms with E-state index < -0.39 is 0 Å². The number of hydrogen-bond acceptors (Lipinski definition) is 4. The zero-order valence-electron chi connectivity index (χ0n) is 6.40. The van der Waals surface area contributed by atoms with Gasteiger partial charge in [-0.3, -0.25) is 4.79 Å². The summed E-state index contributed by atoms with van der Waals surface area (Å²) in [6, 6.07) is 0. The number of nitrogens with zero attached hydrogens (tertiary/aromatic N) is 3. The lowest BCUT2D eigenvalue weighted by molar-refractivity contribution is 0.794. The van der Waals surface area contributed by atoms with Crippen molar-refractivity contribution in [3.63, 3.8) is 0 Å². The van der Waals surface area contributed by atoms with E-state index in [-0.39, 0.29) is 5.56 Å². The molecule has 6 nitrogen and oxygen atoms in total. The first kappa shape index (κ1) is 6.84. The molecule has 2 aromatic heterocycles. The second kappa shape index (κ2) is 2.07. The first-order chi connectivity index (χ1) is 5.70. The van der Waals surface area contributed by atoms with Gasteiger partial charge in [0.15, 0.2) is 5.52 Å². The Balaban J connectivity index is 3.09. The lowest BCUT2D eigenvalue weighted by atomic mass is 10.4. The Labute approximate surface area is 67.0 Å². The molecule has 0 bridgehead atoms. The normalized spacial score (nSPS) is 10.8. The molecule has 6 heteroatoms. The van der Waals surface area contributed by atoms with Gasteiger partial charge in [0.05, 0.1) is 11.9 Å². The molecule has 0 saturated heterocycles. The number of rotatable bonds is 0. The largest absolute Gasteiger partial charge is 0.396 e. The molecular weight excluding hydrogens is 158 g/mol. The standard InChI is InChI=1S/C6H7N5O/c1-3-9-10-6(12)5-4(7)2-8-11(3)5/h2H,7H2,1H3,(H,10,12). The van der Waals surface area contributed by atoms with Crippen LogP contribution in [-0.4, -0.2) is 19.8 Å². The third-order valence-electron chi connectivity index (χ3n) is 1.64. The first-order valence-corrected chi connectivity index (χ1v) is 3.38. The van der Waals surface area contributed by atoms with E-state index in [0.29, 0.717) is 17.0 Å². The number of nitrogens with two attached hydrogens (primary N) is 1. The Morgan fingerprint density at radius 2 is 2.42 bits per heavy atom. The fraction of sp³-hybridized carbons (Fsp3) is 0.167. The molecule has 0 unspecified atom stereocenters. The van der Waals surface area contributed by atoms with Gasteiger partial charge in [-0.05, 0) is 6.92 Å². The topological polar surface area (TPSA) is 89.1 Å². The van der Waals surface area contributed by atoms with E-state index in [9.17, 15) is 4.79 Å². The number of nitrogens with one attached hydrogen (secondary N) is 1. The van der Waals surface area contributed by atoms with Crippen LogP contribution in [0.5, 0.6) is 0 Å². The molecule has 0 fully saturated rings. The Hall–Kier alpha value is -1.85. The summed E-state index contributed by atoms with van der Waals surface area (Å²) in [5, 5.41) is 9.94. The van der Waals surface area contributed by atoms with E-state index in [0.717, 1.165) is 0 Å². The molecule has 62 valence electrons. The molecule has 12 heavy (non-hydrogen) atoms. The second-order valence-corrected chi connectivity index (χ2v) is 2.46. The van der Waals surface area contributed by atoms with Crippen molar-refractivity contribution in [2.45, 2.75) is 6.92 Å². The van der Waals surface area contributed by atoms with Gasteiger partial charge in [0, 0.05) is 0 Å². The molecule has 0 aromatic carbocycles. The monoisotopic (exact) mass is 165 g/mol. The van der Waals surface area contributed by atoms with Gasteiger partial charge in [-0.25, -0.2) is 9.61 Å². The molecule has 2 heterocycles. The van der Waals surface area contributed by atoms with Crippen LogP contribution in [-0.2, 0) is 0 Å². The Kier molecular flexibility index (Phi) is 1.18. The van der Waals surface area contributed by atoms with Gasteiger partial charge in [0.2, 0.25) is 0 Å². The fourth-order valence-corrected chi connectivity index (χ4v) is 1.07. The minimum Gasteiger partial charge on any atom is -0.396 e. The lowest BCUT2D eigenvalue weighted by Gasteiger charge is -1.94. The molecule has 0 aliphatic heterocycles. The molecule has 2 aromatic rings. The van der Waals surface area contributed by atoms with E-state index in [4.69, 9.17) is 5.73 Å². The number of aryl methyl sites for hydroxylation is 1. The van der Waals surface area contributed by atoms with Crippen LogP contribution in [0, 0.1) is 6.92 Å². The average molecular weight is 165 g/mol. The van der Waals surface area contributed by atoms with Crippen molar-refractivity contribution in [3.8, 4) is 0 Å². The van der Waals surface area contributed by atoms with Crippen molar-refractivity contribution in [2.75, 3.05) is 5.73 Å². The number of aromatic nitrogens is 4. The summed E-state index contributed by atoms with van der Waals surface area (Å²) >= 11 is 0. The predicted octanol–water partition coefficient (Wildman–Crippen LogP) is -0.692. The number of nitrogen functional groups attached to an aromatic ring is 1. The Morgan fingerprint density at radius 1 is 1.67 bits per heavy atom. The van der Waals surface area contributed by atoms with Gasteiger partial charge in [-0.1, -0.05) is 0 Å². The molecule has 0 radical (unpaired) electrons. The third-order valence-corrected chi connectivity index (χ3v) is 1.64. The molecule has 0 saturated carbocycles. The molecule has 0 spiro atoms. The highest BCUT2D eigenvalue weighted by molar-refractivity contribution is 5.66. The van der Waals surface area contributed by atoms with E-state index >= 15 is 0 Å². The maximum Gasteiger partial charge on any atom is 0.292 e. The Morgan fingerprint density at radius 3 is 3.08 bits per heavy atom. The van der Waals surface area contributed by atoms with Crippen molar-refractivity contribution in [2.24, 2.45) is 0 Å². The molecule has 2 rings (SSSR count). The van der Waals surface area contributed by atoms with Crippen molar-refractivity contribution in [1.29, 1.82) is 0 Å². The molecular formula is C6H7N5O. The molecule has 0 aliphatic rings. The van der Waals surface area contributed by atoms with Crippen LogP contribution in [0.3, 0.4) is 0 Å². The minimum absolute atomic E-state index is 0.324. The summed E-state index contributed by atoms with van der Waals surface area (Å²) in [7, 11) is 0. The van der Waals surface area contributed by atoms with E-state index in [1.807, 2.05) is 0 Å². The van der Waals surface area contributed by atoms with E-state index in [2.05, 4.69) is 15.3 Å². The van der Waals surface area contributed by atoms with Crippen LogP contribution in [0.2, 0.25) is 0 Å². The number of hydrogen-bond donors (Lipinski definition) is 2. The molecule has 0 amide bonds. The summed E-state index contributed by atoms with van der Waals surface area (Å²) in [5.41, 5.74) is 5.90. The van der Waals surface area contributed by atoms with Crippen LogP contribution in [0.1, 0.15) is 5.82 Å². The van der Waals surface area contributed by atoms with Crippen LogP contribution in [0.25, 0.3) is 5.52 Å². The smallest absolute Gasteiger partial charge is 0.292 e. The van der Waals surface area contributed by atoms with Crippen LogP contribution in [0.4, 0.5) is 5.69 Å².